The smallest absolute Gasteiger partial charge is 0.340 e. The first kappa shape index (κ1) is 11.3. The molecule has 76 valence electrons. The molecule has 0 unspecified atom stereocenters. The first-order valence-corrected chi connectivity index (χ1v) is 4.53. The van der Waals surface area contributed by atoms with E-state index in [1.165, 1.54) is 13.2 Å². The van der Waals surface area contributed by atoms with E-state index in [4.69, 9.17) is 28.3 Å². The molecule has 0 spiro atoms. The molecule has 0 aliphatic carbocycles. The van der Waals surface area contributed by atoms with E-state index in [0.717, 1.165) is 0 Å². The number of hydrogen-bond acceptors (Lipinski definition) is 3. The maximum atomic E-state index is 11.3. The maximum Gasteiger partial charge on any atom is 0.340 e. The van der Waals surface area contributed by atoms with Crippen molar-refractivity contribution in [2.45, 2.75) is 6.61 Å². The molecule has 14 heavy (non-hydrogen) atoms. The van der Waals surface area contributed by atoms with Crippen LogP contribution in [0.15, 0.2) is 12.1 Å². The first-order valence-electron chi connectivity index (χ1n) is 3.77. The van der Waals surface area contributed by atoms with Gasteiger partial charge in [0.05, 0.1) is 29.3 Å². The number of aliphatic hydroxyl groups is 1. The second-order valence-corrected chi connectivity index (χ2v) is 3.33. The fraction of sp³-hybridized carbons (Fsp3) is 0.222. The summed E-state index contributed by atoms with van der Waals surface area (Å²) in [5.74, 6) is -0.615. The summed E-state index contributed by atoms with van der Waals surface area (Å²) in [6.45, 7) is -0.250. The van der Waals surface area contributed by atoms with Gasteiger partial charge in [0.25, 0.3) is 0 Å². The molecule has 0 aromatic heterocycles. The quantitative estimate of drug-likeness (QED) is 0.799. The lowest BCUT2D eigenvalue weighted by molar-refractivity contribution is 0.0601. The van der Waals surface area contributed by atoms with Gasteiger partial charge in [-0.2, -0.15) is 0 Å². The Labute approximate surface area is 91.2 Å². The predicted molar refractivity (Wildman–Crippen MR) is 53.7 cm³/mol. The highest BCUT2D eigenvalue weighted by Crippen LogP contribution is 2.28. The fourth-order valence-corrected chi connectivity index (χ4v) is 1.59. The van der Waals surface area contributed by atoms with Crippen LogP contribution in [0.2, 0.25) is 10.0 Å². The van der Waals surface area contributed by atoms with Crippen molar-refractivity contribution < 1.29 is 14.6 Å². The predicted octanol–water partition coefficient (Wildman–Crippen LogP) is 2.27. The summed E-state index contributed by atoms with van der Waals surface area (Å²) in [5.41, 5.74) is 0.527. The molecule has 0 heterocycles. The van der Waals surface area contributed by atoms with Crippen molar-refractivity contribution in [3.8, 4) is 0 Å². The van der Waals surface area contributed by atoms with Crippen LogP contribution in [0.25, 0.3) is 0 Å². The van der Waals surface area contributed by atoms with Crippen molar-refractivity contribution in [2.24, 2.45) is 0 Å². The number of ether oxygens (including phenoxy) is 1. The highest BCUT2D eigenvalue weighted by Gasteiger charge is 2.17. The molecule has 3 nitrogen and oxygen atoms in total. The number of aliphatic hydroxyl groups excluding tert-OH is 1. The molecule has 0 radical (unpaired) electrons. The van der Waals surface area contributed by atoms with Gasteiger partial charge in [-0.25, -0.2) is 4.79 Å². The van der Waals surface area contributed by atoms with Crippen molar-refractivity contribution in [3.05, 3.63) is 33.3 Å². The minimum absolute atomic E-state index is 0.0855. The van der Waals surface area contributed by atoms with Crippen molar-refractivity contribution in [2.75, 3.05) is 7.11 Å². The molecule has 0 aliphatic heterocycles. The lowest BCUT2D eigenvalue weighted by atomic mass is 10.1. The molecule has 0 amide bonds. The Morgan fingerprint density at radius 3 is 2.64 bits per heavy atom. The molecule has 1 aromatic rings. The molecule has 0 bridgehead atoms. The summed E-state index contributed by atoms with van der Waals surface area (Å²) in [5, 5.41) is 9.25. The van der Waals surface area contributed by atoms with Crippen LogP contribution in [0, 0.1) is 0 Å². The van der Waals surface area contributed by atoms with E-state index in [9.17, 15) is 4.79 Å². The Hall–Kier alpha value is -0.770. The highest BCUT2D eigenvalue weighted by atomic mass is 35.5. The normalized spacial score (nSPS) is 10.0. The summed E-state index contributed by atoms with van der Waals surface area (Å²) in [6, 6.07) is 3.04. The molecular formula is C9H8Cl2O3. The standard InChI is InChI=1S/C9H8Cl2O3/c1-14-9(13)7-6(10)3-2-5(4-12)8(7)11/h2-3,12H,4H2,1H3. The molecule has 1 N–H and O–H groups in total. The van der Waals surface area contributed by atoms with E-state index in [2.05, 4.69) is 4.74 Å². The van der Waals surface area contributed by atoms with Crippen LogP contribution in [0.3, 0.4) is 0 Å². The third-order valence-corrected chi connectivity index (χ3v) is 2.48. The van der Waals surface area contributed by atoms with Gasteiger partial charge in [0.2, 0.25) is 0 Å². The van der Waals surface area contributed by atoms with E-state index >= 15 is 0 Å². The number of rotatable bonds is 2. The first-order chi connectivity index (χ1) is 6.61. The zero-order chi connectivity index (χ0) is 10.7. The van der Waals surface area contributed by atoms with Crippen LogP contribution in [-0.2, 0) is 11.3 Å². The van der Waals surface area contributed by atoms with Crippen molar-refractivity contribution >= 4 is 29.2 Å². The van der Waals surface area contributed by atoms with Gasteiger partial charge in [-0.3, -0.25) is 0 Å². The minimum atomic E-state index is -0.615. The number of hydrogen-bond donors (Lipinski definition) is 1. The average Bonchev–Trinajstić information content (AvgIpc) is 2.18. The number of carbonyl (C=O) groups excluding carboxylic acids is 1. The number of halogens is 2. The lowest BCUT2D eigenvalue weighted by Crippen LogP contribution is -2.04. The average molecular weight is 235 g/mol. The van der Waals surface area contributed by atoms with E-state index in [1.807, 2.05) is 0 Å². The van der Waals surface area contributed by atoms with Crippen LogP contribution in [-0.4, -0.2) is 18.2 Å². The molecule has 1 aromatic carbocycles. The van der Waals surface area contributed by atoms with Crippen LogP contribution < -0.4 is 0 Å². The number of esters is 1. The Morgan fingerprint density at radius 1 is 1.50 bits per heavy atom. The molecule has 0 fully saturated rings. The molecule has 5 heteroatoms. The molecular weight excluding hydrogens is 227 g/mol. The molecule has 0 atom stereocenters. The monoisotopic (exact) mass is 234 g/mol. The van der Waals surface area contributed by atoms with Crippen LogP contribution in [0.5, 0.6) is 0 Å². The van der Waals surface area contributed by atoms with Gasteiger partial charge in [-0.15, -0.1) is 0 Å². The van der Waals surface area contributed by atoms with Gasteiger partial charge < -0.3 is 9.84 Å². The minimum Gasteiger partial charge on any atom is -0.465 e. The summed E-state index contributed by atoms with van der Waals surface area (Å²) in [7, 11) is 1.24. The summed E-state index contributed by atoms with van der Waals surface area (Å²) >= 11 is 11.6. The van der Waals surface area contributed by atoms with Gasteiger partial charge in [0.15, 0.2) is 0 Å². The zero-order valence-corrected chi connectivity index (χ0v) is 8.89. The SMILES string of the molecule is COC(=O)c1c(Cl)ccc(CO)c1Cl. The number of carbonyl (C=O) groups is 1. The molecule has 0 saturated heterocycles. The summed E-state index contributed by atoms with van der Waals surface area (Å²) < 4.78 is 4.51. The van der Waals surface area contributed by atoms with E-state index in [1.54, 1.807) is 6.07 Å². The lowest BCUT2D eigenvalue weighted by Gasteiger charge is -2.07. The summed E-state index contributed by atoms with van der Waals surface area (Å²) in [6.07, 6.45) is 0. The van der Waals surface area contributed by atoms with E-state index in [0.29, 0.717) is 5.56 Å². The number of methoxy groups -OCH3 is 1. The number of benzene rings is 1. The Kier molecular flexibility index (Phi) is 3.75. The molecule has 0 saturated carbocycles. The Morgan fingerprint density at radius 2 is 2.14 bits per heavy atom. The van der Waals surface area contributed by atoms with Gasteiger partial charge in [-0.1, -0.05) is 29.3 Å². The van der Waals surface area contributed by atoms with E-state index in [-0.39, 0.29) is 22.2 Å². The topological polar surface area (TPSA) is 46.5 Å². The third-order valence-electron chi connectivity index (χ3n) is 1.73. The zero-order valence-electron chi connectivity index (χ0n) is 7.38. The van der Waals surface area contributed by atoms with Crippen LogP contribution >= 0.6 is 23.2 Å². The van der Waals surface area contributed by atoms with Gasteiger partial charge >= 0.3 is 5.97 Å². The van der Waals surface area contributed by atoms with Gasteiger partial charge in [-0.05, 0) is 11.6 Å². The van der Waals surface area contributed by atoms with E-state index < -0.39 is 5.97 Å². The van der Waals surface area contributed by atoms with Crippen molar-refractivity contribution in [3.63, 3.8) is 0 Å². The Balaban J connectivity index is 3.32. The maximum absolute atomic E-state index is 11.3. The Bertz CT molecular complexity index is 363. The van der Waals surface area contributed by atoms with Gasteiger partial charge in [0, 0.05) is 0 Å². The third kappa shape index (κ3) is 2.00. The molecule has 1 rings (SSSR count). The van der Waals surface area contributed by atoms with Crippen LogP contribution in [0.4, 0.5) is 0 Å². The van der Waals surface area contributed by atoms with Gasteiger partial charge in [0.1, 0.15) is 0 Å². The van der Waals surface area contributed by atoms with Crippen LogP contribution in [0.1, 0.15) is 15.9 Å². The molecule has 0 aliphatic rings. The fourth-order valence-electron chi connectivity index (χ4n) is 1.01. The largest absolute Gasteiger partial charge is 0.465 e. The van der Waals surface area contributed by atoms with Crippen molar-refractivity contribution in [1.82, 2.24) is 0 Å². The second-order valence-electron chi connectivity index (χ2n) is 2.55. The van der Waals surface area contributed by atoms with Crippen molar-refractivity contribution in [1.29, 1.82) is 0 Å². The second kappa shape index (κ2) is 4.64. The highest BCUT2D eigenvalue weighted by molar-refractivity contribution is 6.39. The summed E-state index contributed by atoms with van der Waals surface area (Å²) in [4.78, 5) is 11.3.